The van der Waals surface area contributed by atoms with Gasteiger partial charge in [0.15, 0.2) is 17.1 Å². The Bertz CT molecular complexity index is 1560. The Balaban J connectivity index is 1.61. The first-order chi connectivity index (χ1) is 17.2. The third-order valence-corrected chi connectivity index (χ3v) is 5.46. The first-order valence-corrected chi connectivity index (χ1v) is 10.7. The molecular formula is C26H19FN2O7. The van der Waals surface area contributed by atoms with Crippen molar-refractivity contribution in [3.05, 3.63) is 104 Å². The maximum absolute atomic E-state index is 13.5. The first-order valence-electron chi connectivity index (χ1n) is 10.7. The number of carbonyl (C=O) groups excluding carboxylic acids is 2. The molecule has 1 unspecified atom stereocenters. The van der Waals surface area contributed by atoms with Crippen molar-refractivity contribution < 1.29 is 28.1 Å². The Morgan fingerprint density at radius 1 is 1.08 bits per heavy atom. The van der Waals surface area contributed by atoms with Crippen molar-refractivity contribution in [2.24, 2.45) is 0 Å². The van der Waals surface area contributed by atoms with E-state index < -0.39 is 34.4 Å². The van der Waals surface area contributed by atoms with Crippen molar-refractivity contribution in [3.8, 4) is 11.3 Å². The van der Waals surface area contributed by atoms with Crippen LogP contribution in [0.5, 0.6) is 0 Å². The van der Waals surface area contributed by atoms with E-state index in [-0.39, 0.29) is 27.6 Å². The number of nitrogens with zero attached hydrogens (tertiary/aromatic N) is 1. The largest absolute Gasteiger partial charge is 0.455 e. The summed E-state index contributed by atoms with van der Waals surface area (Å²) in [4.78, 5) is 48.4. The smallest absolute Gasteiger partial charge is 0.342 e. The summed E-state index contributed by atoms with van der Waals surface area (Å²) < 4.78 is 24.8. The van der Waals surface area contributed by atoms with Crippen LogP contribution in [-0.2, 0) is 9.53 Å². The fraction of sp³-hybridized carbons (Fsp3) is 0.115. The fourth-order valence-corrected chi connectivity index (χ4v) is 3.59. The Morgan fingerprint density at radius 2 is 1.81 bits per heavy atom. The van der Waals surface area contributed by atoms with Gasteiger partial charge in [0.2, 0.25) is 5.82 Å². The average molecular weight is 490 g/mol. The number of rotatable bonds is 6. The van der Waals surface area contributed by atoms with E-state index in [1.54, 1.807) is 31.2 Å². The lowest BCUT2D eigenvalue weighted by atomic mass is 10.0. The van der Waals surface area contributed by atoms with Crippen LogP contribution < -0.4 is 10.7 Å². The lowest BCUT2D eigenvalue weighted by Crippen LogP contribution is -2.30. The van der Waals surface area contributed by atoms with Gasteiger partial charge in [-0.3, -0.25) is 19.7 Å². The number of halogens is 1. The van der Waals surface area contributed by atoms with Crippen LogP contribution in [0.1, 0.15) is 22.8 Å². The van der Waals surface area contributed by atoms with Crippen molar-refractivity contribution in [1.82, 2.24) is 0 Å². The number of fused-ring (bicyclic) bond motifs is 1. The second-order valence-electron chi connectivity index (χ2n) is 7.89. The second-order valence-corrected chi connectivity index (χ2v) is 7.89. The van der Waals surface area contributed by atoms with Crippen LogP contribution in [0.2, 0.25) is 0 Å². The van der Waals surface area contributed by atoms with Gasteiger partial charge in [0.1, 0.15) is 11.3 Å². The number of nitrogens with one attached hydrogen (secondary N) is 1. The van der Waals surface area contributed by atoms with E-state index in [1.807, 2.05) is 6.07 Å². The molecule has 0 aliphatic carbocycles. The number of nitro benzene ring substituents is 1. The van der Waals surface area contributed by atoms with Gasteiger partial charge in [0.05, 0.1) is 10.3 Å². The van der Waals surface area contributed by atoms with E-state index in [9.17, 15) is 28.9 Å². The van der Waals surface area contributed by atoms with E-state index in [0.717, 1.165) is 18.2 Å². The highest BCUT2D eigenvalue weighted by Gasteiger charge is 2.24. The number of para-hydroxylation sites is 1. The number of nitro groups is 1. The van der Waals surface area contributed by atoms with E-state index in [1.165, 1.54) is 25.1 Å². The highest BCUT2D eigenvalue weighted by Crippen LogP contribution is 2.28. The minimum atomic E-state index is -1.33. The van der Waals surface area contributed by atoms with Gasteiger partial charge < -0.3 is 14.5 Å². The van der Waals surface area contributed by atoms with E-state index in [2.05, 4.69) is 5.32 Å². The predicted molar refractivity (Wildman–Crippen MR) is 129 cm³/mol. The quantitative estimate of drug-likeness (QED) is 0.229. The van der Waals surface area contributed by atoms with Crippen molar-refractivity contribution in [2.75, 3.05) is 5.32 Å². The van der Waals surface area contributed by atoms with Gasteiger partial charge in [-0.05, 0) is 38.1 Å². The highest BCUT2D eigenvalue weighted by molar-refractivity contribution is 6.04. The van der Waals surface area contributed by atoms with Crippen molar-refractivity contribution in [3.63, 3.8) is 0 Å². The van der Waals surface area contributed by atoms with Gasteiger partial charge in [0, 0.05) is 22.9 Å². The number of benzene rings is 3. The molecule has 36 heavy (non-hydrogen) atoms. The fourth-order valence-electron chi connectivity index (χ4n) is 3.59. The maximum atomic E-state index is 13.5. The van der Waals surface area contributed by atoms with Crippen molar-refractivity contribution >= 4 is 34.2 Å². The third-order valence-electron chi connectivity index (χ3n) is 5.46. The number of amides is 1. The molecule has 0 aliphatic heterocycles. The summed E-state index contributed by atoms with van der Waals surface area (Å²) in [6.07, 6.45) is -1.33. The molecule has 1 heterocycles. The molecule has 182 valence electrons. The summed E-state index contributed by atoms with van der Waals surface area (Å²) in [7, 11) is 0. The molecule has 4 rings (SSSR count). The molecule has 0 aliphatic rings. The molecule has 0 fully saturated rings. The number of esters is 1. The standard InChI is InChI=1S/C26H19FN2O7/c1-14-22(30)18-9-6-10-19(24(18)36-23(14)16-7-4-3-5-8-16)26(32)35-15(2)25(31)28-17-11-12-20(27)21(13-17)29(33)34/h3-13,15H,1-2H3,(H,28,31). The summed E-state index contributed by atoms with van der Waals surface area (Å²) in [6.45, 7) is 2.93. The lowest BCUT2D eigenvalue weighted by molar-refractivity contribution is -0.387. The molecule has 0 radical (unpaired) electrons. The molecular weight excluding hydrogens is 471 g/mol. The zero-order valence-electron chi connectivity index (χ0n) is 19.1. The number of carbonyl (C=O) groups is 2. The molecule has 1 atom stereocenters. The SMILES string of the molecule is Cc1c(-c2ccccc2)oc2c(C(=O)OC(C)C(=O)Nc3ccc(F)c([N+](=O)[O-])c3)cccc2c1=O. The second kappa shape index (κ2) is 9.79. The van der Waals surface area contributed by atoms with Crippen LogP contribution in [0, 0.1) is 22.9 Å². The van der Waals surface area contributed by atoms with Crippen molar-refractivity contribution in [1.29, 1.82) is 0 Å². The van der Waals surface area contributed by atoms with Gasteiger partial charge >= 0.3 is 11.7 Å². The molecule has 9 nitrogen and oxygen atoms in total. The van der Waals surface area contributed by atoms with Gasteiger partial charge in [0.25, 0.3) is 5.91 Å². The minimum absolute atomic E-state index is 0.0127. The number of ether oxygens (including phenoxy) is 1. The predicted octanol–water partition coefficient (Wildman–Crippen LogP) is 5.00. The molecule has 1 amide bonds. The molecule has 10 heteroatoms. The van der Waals surface area contributed by atoms with Crippen molar-refractivity contribution in [2.45, 2.75) is 20.0 Å². The maximum Gasteiger partial charge on any atom is 0.342 e. The topological polar surface area (TPSA) is 129 Å². The van der Waals surface area contributed by atoms with Crippen LogP contribution in [0.4, 0.5) is 15.8 Å². The van der Waals surface area contributed by atoms with Crippen LogP contribution in [0.25, 0.3) is 22.3 Å². The molecule has 0 bridgehead atoms. The first kappa shape index (κ1) is 24.3. The Morgan fingerprint density at radius 3 is 2.50 bits per heavy atom. The Kier molecular flexibility index (Phi) is 6.60. The van der Waals surface area contributed by atoms with Gasteiger partial charge in [-0.15, -0.1) is 0 Å². The summed E-state index contributed by atoms with van der Waals surface area (Å²) in [5, 5.41) is 13.4. The minimum Gasteiger partial charge on any atom is -0.455 e. The molecule has 1 aromatic heterocycles. The summed E-state index contributed by atoms with van der Waals surface area (Å²) in [6, 6.07) is 16.2. The summed E-state index contributed by atoms with van der Waals surface area (Å²) in [5.41, 5.74) is -0.187. The van der Waals surface area contributed by atoms with Gasteiger partial charge in [-0.1, -0.05) is 36.4 Å². The van der Waals surface area contributed by atoms with Crippen LogP contribution >= 0.6 is 0 Å². The third kappa shape index (κ3) is 4.69. The molecule has 0 spiro atoms. The van der Waals surface area contributed by atoms with Crippen LogP contribution in [-0.4, -0.2) is 22.9 Å². The number of hydrogen-bond acceptors (Lipinski definition) is 7. The monoisotopic (exact) mass is 490 g/mol. The Labute approximate surface area is 203 Å². The zero-order chi connectivity index (χ0) is 26.0. The zero-order valence-corrected chi connectivity index (χ0v) is 19.1. The lowest BCUT2D eigenvalue weighted by Gasteiger charge is -2.15. The number of anilines is 1. The molecule has 4 aromatic rings. The van der Waals surface area contributed by atoms with Crippen LogP contribution in [0.15, 0.2) is 75.9 Å². The Hall–Kier alpha value is -4.86. The number of hydrogen-bond donors (Lipinski definition) is 1. The average Bonchev–Trinajstić information content (AvgIpc) is 2.87. The van der Waals surface area contributed by atoms with Gasteiger partial charge in [-0.25, -0.2) is 4.79 Å². The highest BCUT2D eigenvalue weighted by atomic mass is 19.1. The molecule has 1 N–H and O–H groups in total. The molecule has 0 saturated heterocycles. The summed E-state index contributed by atoms with van der Waals surface area (Å²) in [5.74, 6) is -2.47. The molecule has 0 saturated carbocycles. The normalized spacial score (nSPS) is 11.6. The van der Waals surface area contributed by atoms with Crippen LogP contribution in [0.3, 0.4) is 0 Å². The summed E-state index contributed by atoms with van der Waals surface area (Å²) >= 11 is 0. The van der Waals surface area contributed by atoms with E-state index in [0.29, 0.717) is 16.9 Å². The van der Waals surface area contributed by atoms with Gasteiger partial charge in [-0.2, -0.15) is 4.39 Å². The molecule has 3 aromatic carbocycles. The van der Waals surface area contributed by atoms with E-state index >= 15 is 0 Å². The van der Waals surface area contributed by atoms with E-state index in [4.69, 9.17) is 9.15 Å².